The predicted octanol–water partition coefficient (Wildman–Crippen LogP) is 3.13. The van der Waals surface area contributed by atoms with Crippen molar-refractivity contribution in [2.45, 2.75) is 24.0 Å². The Bertz CT molecular complexity index is 1370. The van der Waals surface area contributed by atoms with Gasteiger partial charge in [-0.1, -0.05) is 42.0 Å². The molecule has 0 heterocycles. The molecule has 12 heteroatoms. The number of sulfone groups is 1. The molecule has 1 N–H and O–H groups in total. The first-order chi connectivity index (χ1) is 15.4. The molecular weight excluding hydrogens is 489 g/mol. The molecule has 1 aliphatic carbocycles. The molecule has 0 amide bonds. The maximum absolute atomic E-state index is 13.8. The minimum absolute atomic E-state index is 0.0399. The van der Waals surface area contributed by atoms with E-state index < -0.39 is 49.2 Å². The van der Waals surface area contributed by atoms with Crippen LogP contribution in [-0.4, -0.2) is 42.6 Å². The molecule has 0 spiro atoms. The minimum atomic E-state index is -4.45. The summed E-state index contributed by atoms with van der Waals surface area (Å²) in [4.78, 5) is 12.4. The Morgan fingerprint density at radius 2 is 1.55 bits per heavy atom. The third-order valence-corrected chi connectivity index (χ3v) is 11.0. The van der Waals surface area contributed by atoms with E-state index in [1.807, 2.05) is 0 Å². The molecule has 0 saturated heterocycles. The third kappa shape index (κ3) is 4.25. The molecule has 0 saturated carbocycles. The molecule has 2 aromatic carbocycles. The summed E-state index contributed by atoms with van der Waals surface area (Å²) in [7, 11) is -10.9. The second kappa shape index (κ2) is 8.90. The Morgan fingerprint density at radius 1 is 0.970 bits per heavy atom. The van der Waals surface area contributed by atoms with Gasteiger partial charge in [0.15, 0.2) is 5.28 Å². The van der Waals surface area contributed by atoms with E-state index in [9.17, 15) is 26.2 Å². The quantitative estimate of drug-likeness (QED) is 0.533. The van der Waals surface area contributed by atoms with E-state index in [4.69, 9.17) is 9.05 Å². The number of allylic oxidation sites excluding steroid dienone is 1. The third-order valence-electron chi connectivity index (χ3n) is 5.37. The number of carbonyl (C=O) groups is 1. The van der Waals surface area contributed by atoms with E-state index in [2.05, 4.69) is 4.72 Å². The van der Waals surface area contributed by atoms with Gasteiger partial charge in [0, 0.05) is 25.3 Å². The molecular formula is C21H24NO8PS2. The van der Waals surface area contributed by atoms with Crippen LogP contribution in [0.2, 0.25) is 0 Å². The first kappa shape index (κ1) is 25.5. The highest BCUT2D eigenvalue weighted by molar-refractivity contribution is 7.96. The minimum Gasteiger partial charge on any atom is -0.310 e. The van der Waals surface area contributed by atoms with Gasteiger partial charge < -0.3 is 9.05 Å². The van der Waals surface area contributed by atoms with Crippen molar-refractivity contribution in [1.29, 1.82) is 0 Å². The van der Waals surface area contributed by atoms with Crippen LogP contribution in [0.25, 0.3) is 0 Å². The number of nitrogens with one attached hydrogen (secondary N) is 1. The molecule has 0 fully saturated rings. The highest BCUT2D eigenvalue weighted by Crippen LogP contribution is 2.65. The SMILES string of the molecule is CCS(=O)(=O)NC1(P(=O)(OC)OC)C=C(S(=O)(=O)c2ccc(C)cc2)C(=O)c2ccccc21. The number of aryl methyl sites for hydroxylation is 1. The lowest BCUT2D eigenvalue weighted by Crippen LogP contribution is -2.48. The molecule has 0 aliphatic heterocycles. The fraction of sp³-hybridized carbons (Fsp3) is 0.286. The molecule has 178 valence electrons. The van der Waals surface area contributed by atoms with Crippen LogP contribution in [0.1, 0.15) is 28.4 Å². The van der Waals surface area contributed by atoms with E-state index in [1.165, 1.54) is 43.3 Å². The average molecular weight is 514 g/mol. The van der Waals surface area contributed by atoms with Crippen molar-refractivity contribution in [3.8, 4) is 0 Å². The number of fused-ring (bicyclic) bond motifs is 1. The number of rotatable bonds is 8. The van der Waals surface area contributed by atoms with Crippen LogP contribution >= 0.6 is 7.60 Å². The van der Waals surface area contributed by atoms with Crippen molar-refractivity contribution in [2.75, 3.05) is 20.0 Å². The van der Waals surface area contributed by atoms with Crippen LogP contribution in [0.3, 0.4) is 0 Å². The Kier molecular flexibility index (Phi) is 6.87. The lowest BCUT2D eigenvalue weighted by Gasteiger charge is -2.39. The van der Waals surface area contributed by atoms with Gasteiger partial charge in [0.1, 0.15) is 4.91 Å². The van der Waals surface area contributed by atoms with Gasteiger partial charge in [0.25, 0.3) is 0 Å². The Labute approximate surface area is 193 Å². The zero-order valence-electron chi connectivity index (χ0n) is 18.4. The molecule has 1 unspecified atom stereocenters. The summed E-state index contributed by atoms with van der Waals surface area (Å²) in [5, 5.41) is -2.30. The van der Waals surface area contributed by atoms with Crippen molar-refractivity contribution in [1.82, 2.24) is 4.72 Å². The summed E-state index contributed by atoms with van der Waals surface area (Å²) in [5.41, 5.74) is 0.622. The summed E-state index contributed by atoms with van der Waals surface area (Å²) in [6, 6.07) is 11.5. The number of benzene rings is 2. The van der Waals surface area contributed by atoms with Crippen LogP contribution in [0.5, 0.6) is 0 Å². The molecule has 1 atom stereocenters. The molecule has 1 aliphatic rings. The van der Waals surface area contributed by atoms with E-state index >= 15 is 0 Å². The van der Waals surface area contributed by atoms with Gasteiger partial charge >= 0.3 is 7.60 Å². The maximum Gasteiger partial charge on any atom is 0.359 e. The van der Waals surface area contributed by atoms with Gasteiger partial charge in [-0.3, -0.25) is 9.36 Å². The van der Waals surface area contributed by atoms with Crippen molar-refractivity contribution in [3.63, 3.8) is 0 Å². The fourth-order valence-corrected chi connectivity index (χ4v) is 8.24. The average Bonchev–Trinajstić information content (AvgIpc) is 2.80. The van der Waals surface area contributed by atoms with E-state index in [0.717, 1.165) is 25.9 Å². The molecule has 0 bridgehead atoms. The van der Waals surface area contributed by atoms with Crippen molar-refractivity contribution in [3.05, 3.63) is 76.2 Å². The number of carbonyl (C=O) groups excluding carboxylic acids is 1. The monoisotopic (exact) mass is 513 g/mol. The molecule has 2 aromatic rings. The number of hydrogen-bond acceptors (Lipinski definition) is 8. The Hall–Kier alpha value is -2.14. The molecule has 3 rings (SSSR count). The van der Waals surface area contributed by atoms with E-state index in [0.29, 0.717) is 0 Å². The van der Waals surface area contributed by atoms with Crippen LogP contribution in [0, 0.1) is 6.92 Å². The predicted molar refractivity (Wildman–Crippen MR) is 123 cm³/mol. The smallest absolute Gasteiger partial charge is 0.310 e. The summed E-state index contributed by atoms with van der Waals surface area (Å²) < 4.78 is 78.8. The zero-order chi connectivity index (χ0) is 24.7. The van der Waals surface area contributed by atoms with Gasteiger partial charge in [-0.05, 0) is 32.1 Å². The first-order valence-electron chi connectivity index (χ1n) is 9.79. The second-order valence-electron chi connectivity index (χ2n) is 7.33. The lowest BCUT2D eigenvalue weighted by molar-refractivity contribution is 0.103. The summed E-state index contributed by atoms with van der Waals surface area (Å²) in [6.07, 6.45) is 0.841. The Balaban J connectivity index is 2.46. The molecule has 0 radical (unpaired) electrons. The van der Waals surface area contributed by atoms with Gasteiger partial charge in [-0.25, -0.2) is 16.8 Å². The van der Waals surface area contributed by atoms with Gasteiger partial charge in [-0.15, -0.1) is 0 Å². The number of Topliss-reactive ketones (excluding diaryl/α,β-unsaturated/α-hetero) is 1. The summed E-state index contributed by atoms with van der Waals surface area (Å²) in [5.74, 6) is -1.28. The van der Waals surface area contributed by atoms with Crippen LogP contribution < -0.4 is 4.72 Å². The van der Waals surface area contributed by atoms with Crippen molar-refractivity contribution >= 4 is 33.2 Å². The molecule has 0 aromatic heterocycles. The van der Waals surface area contributed by atoms with Gasteiger partial charge in [0.2, 0.25) is 25.6 Å². The van der Waals surface area contributed by atoms with Crippen LogP contribution in [-0.2, 0) is 38.8 Å². The van der Waals surface area contributed by atoms with Crippen molar-refractivity contribution < 1.29 is 35.2 Å². The van der Waals surface area contributed by atoms with Crippen molar-refractivity contribution in [2.24, 2.45) is 0 Å². The van der Waals surface area contributed by atoms with E-state index in [1.54, 1.807) is 19.1 Å². The number of sulfonamides is 1. The standard InChI is InChI=1S/C21H24NO8PS2/c1-5-32(25,26)22-21(31(24,29-3)30-4)14-19(20(23)17-8-6-7-9-18(17)21)33(27,28)16-12-10-15(2)11-13-16/h6-14,22H,5H2,1-4H3. The van der Waals surface area contributed by atoms with Crippen LogP contribution in [0.15, 0.2) is 64.4 Å². The van der Waals surface area contributed by atoms with Crippen LogP contribution in [0.4, 0.5) is 0 Å². The summed E-state index contributed by atoms with van der Waals surface area (Å²) in [6.45, 7) is 3.13. The Morgan fingerprint density at radius 3 is 2.09 bits per heavy atom. The van der Waals surface area contributed by atoms with Gasteiger partial charge in [0.05, 0.1) is 10.6 Å². The van der Waals surface area contributed by atoms with Gasteiger partial charge in [-0.2, -0.15) is 4.72 Å². The second-order valence-corrected chi connectivity index (χ2v) is 13.7. The van der Waals surface area contributed by atoms with E-state index in [-0.39, 0.29) is 16.0 Å². The zero-order valence-corrected chi connectivity index (χ0v) is 21.0. The number of hydrogen-bond donors (Lipinski definition) is 1. The summed E-state index contributed by atoms with van der Waals surface area (Å²) >= 11 is 0. The first-order valence-corrected chi connectivity index (χ1v) is 14.5. The largest absolute Gasteiger partial charge is 0.359 e. The molecule has 9 nitrogen and oxygen atoms in total. The maximum atomic E-state index is 13.8. The normalized spacial score (nSPS) is 19.2. The molecule has 33 heavy (non-hydrogen) atoms. The topological polar surface area (TPSA) is 133 Å². The number of ketones is 1. The highest BCUT2D eigenvalue weighted by atomic mass is 32.2. The fourth-order valence-electron chi connectivity index (χ4n) is 3.56. The highest BCUT2D eigenvalue weighted by Gasteiger charge is 2.57. The lowest BCUT2D eigenvalue weighted by atomic mass is 9.92.